The number of hydrogen-bond acceptors (Lipinski definition) is 0. The number of rotatable bonds is 5. The predicted molar refractivity (Wildman–Crippen MR) is 165 cm³/mol. The van der Waals surface area contributed by atoms with Gasteiger partial charge in [0.2, 0.25) is 0 Å². The van der Waals surface area contributed by atoms with Crippen molar-refractivity contribution in [3.63, 3.8) is 0 Å². The first kappa shape index (κ1) is 31.0. The maximum absolute atomic E-state index is 2.65. The second-order valence-electron chi connectivity index (χ2n) is 11.5. The van der Waals surface area contributed by atoms with E-state index in [1.807, 2.05) is 0 Å². The number of halogens is 2. The molecule has 0 spiro atoms. The van der Waals surface area contributed by atoms with E-state index in [9.17, 15) is 0 Å². The first-order chi connectivity index (χ1) is 18.4. The minimum absolute atomic E-state index is 0. The number of benzene rings is 4. The standard InChI is InChI=1S/2C17H15.C2H7Si.2ClH.Zr/c2*1-12-10-14-7-5-9-16(17(14)11-12)15-8-4-3-6-13(15)2;1-3-2;;;/h2*3-11H,1-2H3;3H,1-2H3;2*1H;/q;;;;;+2/p-2. The summed E-state index contributed by atoms with van der Waals surface area (Å²) in [5.74, 6) is -0.870. The maximum atomic E-state index is 2.65. The number of fused-ring (bicyclic) bond motifs is 2. The van der Waals surface area contributed by atoms with Gasteiger partial charge < -0.3 is 24.8 Å². The van der Waals surface area contributed by atoms with Crippen molar-refractivity contribution in [1.82, 2.24) is 0 Å². The zero-order chi connectivity index (χ0) is 26.6. The molecule has 0 aliphatic heterocycles. The Kier molecular flexibility index (Phi) is 9.68. The van der Waals surface area contributed by atoms with Crippen LogP contribution in [-0.4, -0.2) is 5.92 Å². The monoisotopic (exact) mass is 657 g/mol. The van der Waals surface area contributed by atoms with Crippen molar-refractivity contribution in [2.45, 2.75) is 48.0 Å². The maximum Gasteiger partial charge on any atom is -1.00 e. The summed E-state index contributed by atoms with van der Waals surface area (Å²) in [4.78, 5) is 0. The molecule has 203 valence electrons. The molecule has 0 radical (unpaired) electrons. The van der Waals surface area contributed by atoms with Crippen LogP contribution in [0.3, 0.4) is 0 Å². The fourth-order valence-corrected chi connectivity index (χ4v) is 30.3. The summed E-state index contributed by atoms with van der Waals surface area (Å²) < 4.78 is 1.34. The Morgan fingerprint density at radius 3 is 1.25 bits per heavy atom. The molecule has 0 saturated carbocycles. The molecular weight excluding hydrogens is 623 g/mol. The van der Waals surface area contributed by atoms with Crippen molar-refractivity contribution in [2.24, 2.45) is 0 Å². The summed E-state index contributed by atoms with van der Waals surface area (Å²) in [5.41, 5.74) is 17.8. The molecule has 0 saturated heterocycles. The van der Waals surface area contributed by atoms with Crippen LogP contribution in [0, 0.1) is 13.8 Å². The molecule has 40 heavy (non-hydrogen) atoms. The average Bonchev–Trinajstić information content (AvgIpc) is 3.41. The van der Waals surface area contributed by atoms with Gasteiger partial charge in [-0.15, -0.1) is 0 Å². The van der Waals surface area contributed by atoms with E-state index >= 15 is 0 Å². The van der Waals surface area contributed by atoms with Gasteiger partial charge >= 0.3 is 239 Å². The van der Waals surface area contributed by atoms with Crippen LogP contribution in [-0.2, 0) is 20.9 Å². The Balaban J connectivity index is 0.00000185. The van der Waals surface area contributed by atoms with E-state index < -0.39 is 26.8 Å². The van der Waals surface area contributed by atoms with E-state index in [4.69, 9.17) is 0 Å². The topological polar surface area (TPSA) is 0 Å². The van der Waals surface area contributed by atoms with E-state index in [1.54, 1.807) is 22.3 Å². The molecule has 2 unspecified atom stereocenters. The minimum Gasteiger partial charge on any atom is -1.00 e. The third-order valence-corrected chi connectivity index (χ3v) is 30.9. The summed E-state index contributed by atoms with van der Waals surface area (Å²) in [7, 11) is 0. The number of hydrogen-bond donors (Lipinski definition) is 0. The van der Waals surface area contributed by atoms with Crippen molar-refractivity contribution >= 4 is 18.1 Å². The fraction of sp³-hybridized carbons (Fsp3) is 0.222. The van der Waals surface area contributed by atoms with Crippen molar-refractivity contribution in [1.29, 1.82) is 0 Å². The van der Waals surface area contributed by atoms with Gasteiger partial charge in [0, 0.05) is 0 Å². The SMILES string of the molecule is CC1=Cc2c(-c3ccccc3C)cccc2[CH]1[Zr+2]([CH]1C(C)=Cc2c(-c3ccccc3C)cccc21)[SiH](C)C.[Cl-].[Cl-]. The van der Waals surface area contributed by atoms with Crippen molar-refractivity contribution in [2.75, 3.05) is 0 Å². The van der Waals surface area contributed by atoms with Crippen LogP contribution in [0.25, 0.3) is 34.4 Å². The normalized spacial score (nSPS) is 16.9. The van der Waals surface area contributed by atoms with Crippen LogP contribution in [0.1, 0.15) is 54.5 Å². The molecule has 0 N–H and O–H groups in total. The Morgan fingerprint density at radius 1 is 0.500 bits per heavy atom. The van der Waals surface area contributed by atoms with Gasteiger partial charge in [-0.2, -0.15) is 0 Å². The zero-order valence-electron chi connectivity index (χ0n) is 24.2. The Hall–Kier alpha value is -1.96. The Labute approximate surface area is 261 Å². The molecule has 0 bridgehead atoms. The van der Waals surface area contributed by atoms with Gasteiger partial charge in [0.25, 0.3) is 0 Å². The molecule has 2 aliphatic rings. The van der Waals surface area contributed by atoms with E-state index in [0.29, 0.717) is 7.25 Å². The largest absolute Gasteiger partial charge is 1.00 e. The quantitative estimate of drug-likeness (QED) is 0.286. The van der Waals surface area contributed by atoms with Crippen LogP contribution in [0.4, 0.5) is 0 Å². The first-order valence-corrected chi connectivity index (χ1v) is 24.0. The molecule has 2 atom stereocenters. The summed E-state index contributed by atoms with van der Waals surface area (Å²) in [5, 5.41) is 0. The minimum atomic E-state index is -2.04. The van der Waals surface area contributed by atoms with Gasteiger partial charge in [-0.3, -0.25) is 0 Å². The average molecular weight is 660 g/mol. The molecule has 0 amide bonds. The van der Waals surface area contributed by atoms with Crippen molar-refractivity contribution < 1.29 is 45.7 Å². The van der Waals surface area contributed by atoms with Crippen LogP contribution < -0.4 is 24.8 Å². The molecule has 4 aromatic carbocycles. The van der Waals surface area contributed by atoms with Crippen LogP contribution in [0.5, 0.6) is 0 Å². The molecule has 4 heteroatoms. The predicted octanol–water partition coefficient (Wildman–Crippen LogP) is 3.86. The fourth-order valence-electron chi connectivity index (χ4n) is 7.04. The molecule has 0 aromatic heterocycles. The Bertz CT molecular complexity index is 1500. The van der Waals surface area contributed by atoms with Gasteiger partial charge in [-0.05, 0) is 0 Å². The molecule has 0 nitrogen and oxygen atoms in total. The third-order valence-electron chi connectivity index (χ3n) is 8.76. The van der Waals surface area contributed by atoms with E-state index in [0.717, 1.165) is 0 Å². The number of aryl methyl sites for hydroxylation is 2. The molecule has 0 fully saturated rings. The van der Waals surface area contributed by atoms with Gasteiger partial charge in [0.1, 0.15) is 0 Å². The van der Waals surface area contributed by atoms with Gasteiger partial charge in [0.15, 0.2) is 0 Å². The molecule has 6 rings (SSSR count). The van der Waals surface area contributed by atoms with Crippen LogP contribution in [0.2, 0.25) is 13.1 Å². The van der Waals surface area contributed by atoms with Crippen molar-refractivity contribution in [3.05, 3.63) is 129 Å². The summed E-state index contributed by atoms with van der Waals surface area (Å²) in [6.45, 7) is 14.7. The summed E-state index contributed by atoms with van der Waals surface area (Å²) in [6.07, 6.45) is 5.11. The van der Waals surface area contributed by atoms with Gasteiger partial charge in [-0.1, -0.05) is 0 Å². The Morgan fingerprint density at radius 2 is 0.875 bits per heavy atom. The second kappa shape index (κ2) is 12.5. The van der Waals surface area contributed by atoms with Crippen LogP contribution in [0.15, 0.2) is 96.1 Å². The molecular formula is C36H37Cl2SiZr. The van der Waals surface area contributed by atoms with E-state index in [2.05, 4.69) is 138 Å². The number of allylic oxidation sites excluding steroid dienone is 2. The molecule has 4 aromatic rings. The van der Waals surface area contributed by atoms with E-state index in [1.165, 1.54) is 44.5 Å². The summed E-state index contributed by atoms with van der Waals surface area (Å²) in [6, 6.07) is 32.0. The molecule has 2 aliphatic carbocycles. The zero-order valence-corrected chi connectivity index (χ0v) is 29.4. The first-order valence-electron chi connectivity index (χ1n) is 14.0. The second-order valence-corrected chi connectivity index (χ2v) is 31.6. The third kappa shape index (κ3) is 5.22. The van der Waals surface area contributed by atoms with Crippen molar-refractivity contribution in [3.8, 4) is 22.3 Å². The smallest absolute Gasteiger partial charge is 1.00 e. The molecule has 0 heterocycles. The summed E-state index contributed by atoms with van der Waals surface area (Å²) >= 11 is -2.04. The van der Waals surface area contributed by atoms with Gasteiger partial charge in [0.05, 0.1) is 0 Å². The van der Waals surface area contributed by atoms with Gasteiger partial charge in [-0.25, -0.2) is 0 Å². The van der Waals surface area contributed by atoms with E-state index in [-0.39, 0.29) is 24.8 Å². The van der Waals surface area contributed by atoms with Crippen LogP contribution >= 0.6 is 0 Å².